The number of rotatable bonds is 5. The third kappa shape index (κ3) is 3.56. The molecule has 0 atom stereocenters. The number of fused-ring (bicyclic) bond motifs is 1. The zero-order chi connectivity index (χ0) is 17.8. The number of carbonyl (C=O) groups is 1. The lowest BCUT2D eigenvalue weighted by Crippen LogP contribution is -2.16. The standard InChI is InChI=1S/C20H20N2O2S/c1-4-13-22-18-14(3)7-6-8-17(18)25-20(22)21-19(23)15-9-11-16(12-10-15)24-5-2/h4,6-12H,1,5,13H2,2-3H3. The minimum absolute atomic E-state index is 0.259. The number of amides is 1. The number of ether oxygens (including phenoxy) is 1. The van der Waals surface area contributed by atoms with E-state index in [4.69, 9.17) is 4.74 Å². The van der Waals surface area contributed by atoms with E-state index >= 15 is 0 Å². The lowest BCUT2D eigenvalue weighted by atomic mass is 10.2. The summed E-state index contributed by atoms with van der Waals surface area (Å²) in [5, 5.41) is 0. The quantitative estimate of drug-likeness (QED) is 0.641. The van der Waals surface area contributed by atoms with Gasteiger partial charge in [-0.25, -0.2) is 0 Å². The van der Waals surface area contributed by atoms with Gasteiger partial charge < -0.3 is 9.30 Å². The van der Waals surface area contributed by atoms with E-state index in [1.54, 1.807) is 24.3 Å². The monoisotopic (exact) mass is 352 g/mol. The van der Waals surface area contributed by atoms with Gasteiger partial charge in [-0.15, -0.1) is 6.58 Å². The summed E-state index contributed by atoms with van der Waals surface area (Å²) in [5.74, 6) is 0.489. The molecule has 0 saturated carbocycles. The summed E-state index contributed by atoms with van der Waals surface area (Å²) in [7, 11) is 0. The van der Waals surface area contributed by atoms with Crippen LogP contribution in [0.3, 0.4) is 0 Å². The summed E-state index contributed by atoms with van der Waals surface area (Å²) in [4.78, 5) is 17.6. The van der Waals surface area contributed by atoms with Crippen LogP contribution in [0, 0.1) is 6.92 Å². The fourth-order valence-electron chi connectivity index (χ4n) is 2.70. The molecule has 1 heterocycles. The predicted molar refractivity (Wildman–Crippen MR) is 102 cm³/mol. The van der Waals surface area contributed by atoms with Crippen molar-refractivity contribution < 1.29 is 9.53 Å². The summed E-state index contributed by atoms with van der Waals surface area (Å²) in [6, 6.07) is 13.2. The molecule has 3 aromatic rings. The Morgan fingerprint density at radius 1 is 1.28 bits per heavy atom. The molecule has 0 spiro atoms. The molecule has 0 aliphatic rings. The van der Waals surface area contributed by atoms with Crippen LogP contribution in [0.2, 0.25) is 0 Å². The Bertz CT molecular complexity index is 981. The van der Waals surface area contributed by atoms with Gasteiger partial charge in [-0.3, -0.25) is 4.79 Å². The maximum absolute atomic E-state index is 12.6. The first-order chi connectivity index (χ1) is 12.1. The molecule has 1 amide bonds. The van der Waals surface area contributed by atoms with Crippen LogP contribution in [0.15, 0.2) is 60.1 Å². The Hall–Kier alpha value is -2.66. The zero-order valence-corrected chi connectivity index (χ0v) is 15.2. The van der Waals surface area contributed by atoms with Gasteiger partial charge in [0.25, 0.3) is 5.91 Å². The zero-order valence-electron chi connectivity index (χ0n) is 14.4. The van der Waals surface area contributed by atoms with E-state index in [1.807, 2.05) is 29.7 Å². The first kappa shape index (κ1) is 17.2. The van der Waals surface area contributed by atoms with Gasteiger partial charge in [-0.2, -0.15) is 4.99 Å². The second-order valence-electron chi connectivity index (χ2n) is 5.58. The summed E-state index contributed by atoms with van der Waals surface area (Å²) >= 11 is 1.52. The maximum atomic E-state index is 12.6. The van der Waals surface area contributed by atoms with Crippen LogP contribution in [0.1, 0.15) is 22.8 Å². The highest BCUT2D eigenvalue weighted by Crippen LogP contribution is 2.21. The lowest BCUT2D eigenvalue weighted by Gasteiger charge is -2.04. The van der Waals surface area contributed by atoms with Gasteiger partial charge in [-0.1, -0.05) is 29.5 Å². The highest BCUT2D eigenvalue weighted by Gasteiger charge is 2.10. The Labute approximate surface area is 150 Å². The molecule has 0 radical (unpaired) electrons. The second kappa shape index (κ2) is 7.49. The topological polar surface area (TPSA) is 43.6 Å². The summed E-state index contributed by atoms with van der Waals surface area (Å²) in [5.41, 5.74) is 2.80. The number of aromatic nitrogens is 1. The van der Waals surface area contributed by atoms with Crippen LogP contribution in [0.5, 0.6) is 5.75 Å². The van der Waals surface area contributed by atoms with Gasteiger partial charge in [0.1, 0.15) is 5.75 Å². The van der Waals surface area contributed by atoms with Gasteiger partial charge in [-0.05, 0) is 49.7 Å². The van der Waals surface area contributed by atoms with Crippen molar-refractivity contribution in [3.8, 4) is 5.75 Å². The lowest BCUT2D eigenvalue weighted by molar-refractivity contribution is 0.0998. The normalized spacial score (nSPS) is 11.7. The largest absolute Gasteiger partial charge is 0.494 e. The number of para-hydroxylation sites is 1. The molecule has 0 unspecified atom stereocenters. The summed E-state index contributed by atoms with van der Waals surface area (Å²) in [6.07, 6.45) is 1.82. The van der Waals surface area contributed by atoms with Crippen molar-refractivity contribution >= 4 is 27.5 Å². The summed E-state index contributed by atoms with van der Waals surface area (Å²) < 4.78 is 8.56. The smallest absolute Gasteiger partial charge is 0.279 e. The molecule has 2 aromatic carbocycles. The van der Waals surface area contributed by atoms with Crippen molar-refractivity contribution in [1.29, 1.82) is 0 Å². The third-order valence-corrected chi connectivity index (χ3v) is 4.87. The molecule has 0 N–H and O–H groups in total. The molecule has 25 heavy (non-hydrogen) atoms. The van der Waals surface area contributed by atoms with Crippen LogP contribution in [-0.2, 0) is 6.54 Å². The molecule has 5 heteroatoms. The SMILES string of the molecule is C=CCn1c(=NC(=O)c2ccc(OCC)cc2)sc2cccc(C)c21. The molecule has 1 aromatic heterocycles. The van der Waals surface area contributed by atoms with Gasteiger partial charge >= 0.3 is 0 Å². The fraction of sp³-hybridized carbons (Fsp3) is 0.200. The van der Waals surface area contributed by atoms with Gasteiger partial charge in [0, 0.05) is 12.1 Å². The Morgan fingerprint density at radius 2 is 2.04 bits per heavy atom. The first-order valence-corrected chi connectivity index (χ1v) is 8.97. The molecule has 0 bridgehead atoms. The van der Waals surface area contributed by atoms with Crippen LogP contribution in [0.25, 0.3) is 10.2 Å². The number of thiazole rings is 1. The van der Waals surface area contributed by atoms with Crippen molar-refractivity contribution in [1.82, 2.24) is 4.57 Å². The van der Waals surface area contributed by atoms with Gasteiger partial charge in [0.2, 0.25) is 0 Å². The first-order valence-electron chi connectivity index (χ1n) is 8.15. The second-order valence-corrected chi connectivity index (χ2v) is 6.59. The average molecular weight is 352 g/mol. The molecule has 0 aliphatic heterocycles. The molecule has 128 valence electrons. The number of aryl methyl sites for hydroxylation is 1. The van der Waals surface area contributed by atoms with E-state index in [9.17, 15) is 4.79 Å². The predicted octanol–water partition coefficient (Wildman–Crippen LogP) is 4.34. The summed E-state index contributed by atoms with van der Waals surface area (Å²) in [6.45, 7) is 9.02. The Morgan fingerprint density at radius 3 is 2.72 bits per heavy atom. The van der Waals surface area contributed by atoms with E-state index in [0.29, 0.717) is 23.5 Å². The van der Waals surface area contributed by atoms with E-state index in [-0.39, 0.29) is 5.91 Å². The van der Waals surface area contributed by atoms with E-state index in [2.05, 4.69) is 24.6 Å². The molecular weight excluding hydrogens is 332 g/mol. The van der Waals surface area contributed by atoms with Gasteiger partial charge in [0.05, 0.1) is 16.8 Å². The highest BCUT2D eigenvalue weighted by molar-refractivity contribution is 7.16. The number of benzene rings is 2. The molecule has 0 aliphatic carbocycles. The minimum atomic E-state index is -0.259. The van der Waals surface area contributed by atoms with Crippen LogP contribution >= 0.6 is 11.3 Å². The van der Waals surface area contributed by atoms with Crippen molar-refractivity contribution in [2.45, 2.75) is 20.4 Å². The number of allylic oxidation sites excluding steroid dienone is 1. The average Bonchev–Trinajstić information content (AvgIpc) is 2.95. The van der Waals surface area contributed by atoms with E-state index < -0.39 is 0 Å². The number of nitrogens with zero attached hydrogens (tertiary/aromatic N) is 2. The number of hydrogen-bond acceptors (Lipinski definition) is 3. The minimum Gasteiger partial charge on any atom is -0.494 e. The van der Waals surface area contributed by atoms with Crippen LogP contribution in [0.4, 0.5) is 0 Å². The molecule has 0 fully saturated rings. The molecule has 0 saturated heterocycles. The Balaban J connectivity index is 2.05. The molecule has 4 nitrogen and oxygen atoms in total. The van der Waals surface area contributed by atoms with Crippen LogP contribution < -0.4 is 9.54 Å². The van der Waals surface area contributed by atoms with E-state index in [0.717, 1.165) is 21.5 Å². The Kier molecular flexibility index (Phi) is 5.14. The highest BCUT2D eigenvalue weighted by atomic mass is 32.1. The van der Waals surface area contributed by atoms with Crippen molar-refractivity contribution in [3.05, 3.63) is 71.0 Å². The fourth-order valence-corrected chi connectivity index (χ4v) is 3.82. The number of carbonyl (C=O) groups excluding carboxylic acids is 1. The maximum Gasteiger partial charge on any atom is 0.279 e. The third-order valence-electron chi connectivity index (χ3n) is 3.82. The molecule has 3 rings (SSSR count). The van der Waals surface area contributed by atoms with Crippen molar-refractivity contribution in [2.24, 2.45) is 4.99 Å². The molecular formula is C20H20N2O2S. The van der Waals surface area contributed by atoms with Crippen molar-refractivity contribution in [3.63, 3.8) is 0 Å². The number of hydrogen-bond donors (Lipinski definition) is 0. The van der Waals surface area contributed by atoms with Crippen molar-refractivity contribution in [2.75, 3.05) is 6.61 Å². The van der Waals surface area contributed by atoms with Gasteiger partial charge in [0.15, 0.2) is 4.80 Å². The van der Waals surface area contributed by atoms with Crippen LogP contribution in [-0.4, -0.2) is 17.1 Å². The van der Waals surface area contributed by atoms with E-state index in [1.165, 1.54) is 11.3 Å².